The summed E-state index contributed by atoms with van der Waals surface area (Å²) in [6.45, 7) is 1.32. The zero-order chi connectivity index (χ0) is 23.3. The molecule has 0 saturated carbocycles. The number of hydrogen-bond donors (Lipinski definition) is 2. The Morgan fingerprint density at radius 1 is 1.12 bits per heavy atom. The van der Waals surface area contributed by atoms with E-state index in [9.17, 15) is 8.78 Å². The molecule has 4 aromatic heterocycles. The summed E-state index contributed by atoms with van der Waals surface area (Å²) in [5.74, 6) is -2.27. The highest BCUT2D eigenvalue weighted by Gasteiger charge is 2.47. The molecule has 0 aromatic carbocycles. The predicted octanol–water partition coefficient (Wildman–Crippen LogP) is 2.30. The van der Waals surface area contributed by atoms with Crippen LogP contribution in [0, 0.1) is 0 Å². The van der Waals surface area contributed by atoms with Gasteiger partial charge in [-0.2, -0.15) is 4.98 Å². The van der Waals surface area contributed by atoms with Crippen molar-refractivity contribution in [1.82, 2.24) is 34.4 Å². The molecular weight excluding hydrogens is 444 g/mol. The number of pyridine rings is 1. The molecule has 0 radical (unpaired) electrons. The maximum absolute atomic E-state index is 14.9. The van der Waals surface area contributed by atoms with E-state index in [0.717, 1.165) is 5.56 Å². The van der Waals surface area contributed by atoms with Gasteiger partial charge in [-0.15, -0.1) is 5.10 Å². The molecule has 0 bridgehead atoms. The zero-order valence-corrected chi connectivity index (χ0v) is 18.4. The van der Waals surface area contributed by atoms with Gasteiger partial charge in [0.2, 0.25) is 5.95 Å². The smallest absolute Gasteiger partial charge is 0.280 e. The van der Waals surface area contributed by atoms with E-state index in [1.807, 2.05) is 23.1 Å². The van der Waals surface area contributed by atoms with Crippen molar-refractivity contribution in [2.24, 2.45) is 0 Å². The highest BCUT2D eigenvalue weighted by molar-refractivity contribution is 5.89. The topological polar surface area (TPSA) is 105 Å². The van der Waals surface area contributed by atoms with E-state index in [1.54, 1.807) is 30.2 Å². The lowest BCUT2D eigenvalue weighted by atomic mass is 9.98. The average Bonchev–Trinajstić information content (AvgIpc) is 3.22. The Balaban J connectivity index is 1.30. The predicted molar refractivity (Wildman–Crippen MR) is 122 cm³/mol. The second-order valence-electron chi connectivity index (χ2n) is 8.56. The number of piperidine rings is 1. The quantitative estimate of drug-likeness (QED) is 0.457. The molecule has 176 valence electrons. The third-order valence-corrected chi connectivity index (χ3v) is 6.42. The van der Waals surface area contributed by atoms with Crippen LogP contribution in [0.15, 0.2) is 36.8 Å². The van der Waals surface area contributed by atoms with E-state index in [2.05, 4.69) is 35.7 Å². The molecule has 2 saturated heterocycles. The molecule has 34 heavy (non-hydrogen) atoms. The molecule has 0 spiro atoms. The van der Waals surface area contributed by atoms with Crippen molar-refractivity contribution in [2.75, 3.05) is 44.0 Å². The van der Waals surface area contributed by atoms with E-state index in [-0.39, 0.29) is 18.5 Å². The van der Waals surface area contributed by atoms with Crippen molar-refractivity contribution in [2.45, 2.75) is 24.4 Å². The number of alkyl halides is 2. The first-order valence-electron chi connectivity index (χ1n) is 11.1. The van der Waals surface area contributed by atoms with Gasteiger partial charge in [0.15, 0.2) is 11.5 Å². The van der Waals surface area contributed by atoms with E-state index in [0.29, 0.717) is 54.4 Å². The molecule has 2 N–H and O–H groups in total. The molecule has 2 aliphatic heterocycles. The standard InChI is InChI=1S/C22H23F2N9O/c1-25-20-18-14(15-2-3-16-19(28-15)27-7-6-26-16)4-9-33(18)31-21(30-20)29-17-5-8-32(12-22(17,23)24)13-10-34-11-13/h2-4,6-7,9,13,17H,5,8,10-12H2,1H3,(H2,25,29,30,31). The first-order valence-corrected chi connectivity index (χ1v) is 11.1. The number of aromatic nitrogens is 6. The average molecular weight is 467 g/mol. The highest BCUT2D eigenvalue weighted by Crippen LogP contribution is 2.33. The molecule has 0 aliphatic carbocycles. The number of ether oxygens (including phenoxy) is 1. The van der Waals surface area contributed by atoms with Gasteiger partial charge in [0.1, 0.15) is 11.0 Å². The minimum absolute atomic E-state index is 0.0864. The molecular formula is C22H23F2N9O. The van der Waals surface area contributed by atoms with Crippen LogP contribution in [-0.2, 0) is 4.74 Å². The number of hydrogen-bond acceptors (Lipinski definition) is 9. The van der Waals surface area contributed by atoms with Crippen molar-refractivity contribution in [1.29, 1.82) is 0 Å². The summed E-state index contributed by atoms with van der Waals surface area (Å²) < 4.78 is 36.6. The van der Waals surface area contributed by atoms with Crippen LogP contribution in [0.25, 0.3) is 27.9 Å². The maximum Gasteiger partial charge on any atom is 0.280 e. The molecule has 1 unspecified atom stereocenters. The lowest BCUT2D eigenvalue weighted by Gasteiger charge is -2.44. The Hall–Kier alpha value is -3.51. The third kappa shape index (κ3) is 3.59. The minimum Gasteiger partial charge on any atom is -0.378 e. The van der Waals surface area contributed by atoms with Gasteiger partial charge >= 0.3 is 0 Å². The van der Waals surface area contributed by atoms with Gasteiger partial charge in [-0.1, -0.05) is 0 Å². The van der Waals surface area contributed by atoms with Crippen LogP contribution in [0.5, 0.6) is 0 Å². The van der Waals surface area contributed by atoms with Crippen LogP contribution < -0.4 is 10.6 Å². The Bertz CT molecular complexity index is 1360. The third-order valence-electron chi connectivity index (χ3n) is 6.42. The second kappa shape index (κ2) is 8.06. The largest absolute Gasteiger partial charge is 0.378 e. The van der Waals surface area contributed by atoms with Crippen LogP contribution in [0.4, 0.5) is 20.5 Å². The number of rotatable bonds is 5. The summed E-state index contributed by atoms with van der Waals surface area (Å²) >= 11 is 0. The number of likely N-dealkylation sites (tertiary alicyclic amines) is 1. The van der Waals surface area contributed by atoms with Gasteiger partial charge in [0, 0.05) is 37.7 Å². The van der Waals surface area contributed by atoms with E-state index in [4.69, 9.17) is 4.74 Å². The van der Waals surface area contributed by atoms with Crippen LogP contribution in [0.3, 0.4) is 0 Å². The lowest BCUT2D eigenvalue weighted by Crippen LogP contribution is -2.61. The van der Waals surface area contributed by atoms with Crippen LogP contribution >= 0.6 is 0 Å². The van der Waals surface area contributed by atoms with Crippen molar-refractivity contribution in [3.8, 4) is 11.3 Å². The fourth-order valence-corrected chi connectivity index (χ4v) is 4.52. The summed E-state index contributed by atoms with van der Waals surface area (Å²) in [5.41, 5.74) is 3.41. The van der Waals surface area contributed by atoms with Crippen molar-refractivity contribution < 1.29 is 13.5 Å². The number of nitrogens with zero attached hydrogens (tertiary/aromatic N) is 7. The normalized spacial score (nSPS) is 21.0. The molecule has 1 atom stereocenters. The number of halogens is 2. The molecule has 0 amide bonds. The molecule has 4 aromatic rings. The summed E-state index contributed by atoms with van der Waals surface area (Å²) in [4.78, 5) is 19.5. The molecule has 6 rings (SSSR count). The van der Waals surface area contributed by atoms with E-state index < -0.39 is 12.0 Å². The van der Waals surface area contributed by atoms with Gasteiger partial charge in [-0.25, -0.2) is 23.3 Å². The first kappa shape index (κ1) is 21.1. The first-order chi connectivity index (χ1) is 16.5. The fraction of sp³-hybridized carbons (Fsp3) is 0.409. The molecule has 2 fully saturated rings. The number of nitrogens with one attached hydrogen (secondary N) is 2. The second-order valence-corrected chi connectivity index (χ2v) is 8.56. The van der Waals surface area contributed by atoms with E-state index >= 15 is 0 Å². The van der Waals surface area contributed by atoms with Gasteiger partial charge in [0.25, 0.3) is 5.92 Å². The van der Waals surface area contributed by atoms with Crippen LogP contribution in [-0.4, -0.2) is 85.8 Å². The zero-order valence-electron chi connectivity index (χ0n) is 18.4. The minimum atomic E-state index is -2.91. The van der Waals surface area contributed by atoms with Crippen molar-refractivity contribution in [3.63, 3.8) is 0 Å². The summed E-state index contributed by atoms with van der Waals surface area (Å²) in [6.07, 6.45) is 5.27. The summed E-state index contributed by atoms with van der Waals surface area (Å²) in [6, 6.07) is 4.62. The SMILES string of the molecule is CNc1nc(NC2CCN(C3COC3)CC2(F)F)nn2ccc(-c3ccc4nccnc4n3)c12. The molecule has 2 aliphatic rings. The van der Waals surface area contributed by atoms with Gasteiger partial charge in [-0.3, -0.25) is 9.88 Å². The maximum atomic E-state index is 14.9. The summed E-state index contributed by atoms with van der Waals surface area (Å²) in [7, 11) is 1.73. The Morgan fingerprint density at radius 3 is 2.74 bits per heavy atom. The monoisotopic (exact) mass is 467 g/mol. The highest BCUT2D eigenvalue weighted by atomic mass is 19.3. The fourth-order valence-electron chi connectivity index (χ4n) is 4.52. The Kier molecular flexibility index (Phi) is 4.99. The van der Waals surface area contributed by atoms with Crippen molar-refractivity contribution in [3.05, 3.63) is 36.8 Å². The molecule has 10 nitrogen and oxygen atoms in total. The summed E-state index contributed by atoms with van der Waals surface area (Å²) in [5, 5.41) is 10.4. The van der Waals surface area contributed by atoms with Crippen LogP contribution in [0.2, 0.25) is 0 Å². The number of anilines is 2. The Labute approximate surface area is 193 Å². The lowest BCUT2D eigenvalue weighted by molar-refractivity contribution is -0.131. The van der Waals surface area contributed by atoms with Gasteiger partial charge in [0.05, 0.1) is 37.5 Å². The van der Waals surface area contributed by atoms with E-state index in [1.165, 1.54) is 0 Å². The molecule has 6 heterocycles. The number of fused-ring (bicyclic) bond motifs is 2. The van der Waals surface area contributed by atoms with Crippen molar-refractivity contribution >= 4 is 28.4 Å². The van der Waals surface area contributed by atoms with Crippen LogP contribution in [0.1, 0.15) is 6.42 Å². The Morgan fingerprint density at radius 2 is 1.97 bits per heavy atom. The van der Waals surface area contributed by atoms with Gasteiger partial charge < -0.3 is 15.4 Å². The molecule has 12 heteroatoms. The van der Waals surface area contributed by atoms with Gasteiger partial charge in [-0.05, 0) is 24.6 Å².